The first-order valence-electron chi connectivity index (χ1n) is 6.90. The summed E-state index contributed by atoms with van der Waals surface area (Å²) < 4.78 is 2.69. The zero-order valence-electron chi connectivity index (χ0n) is 12.9. The number of rotatable bonds is 7. The molecule has 0 aliphatic rings. The molecule has 0 aliphatic carbocycles. The van der Waals surface area contributed by atoms with Gasteiger partial charge in [-0.3, -0.25) is 0 Å². The minimum absolute atomic E-state index is 0.0496. The minimum Gasteiger partial charge on any atom is -0.307 e. The van der Waals surface area contributed by atoms with Crippen molar-refractivity contribution >= 4 is 15.9 Å². The van der Waals surface area contributed by atoms with Crippen LogP contribution < -0.4 is 5.32 Å². The lowest BCUT2D eigenvalue weighted by Crippen LogP contribution is -2.53. The second-order valence-corrected chi connectivity index (χ2v) is 5.84. The van der Waals surface area contributed by atoms with Crippen LogP contribution in [0.25, 0.3) is 0 Å². The standard InChI is InChI=1S/C13H26BrN5/c1-7-13(8-2,18(4)5)11(15-9-3)10-12(14)16-17-19(10)6/h11,15H,7-9H2,1-6H3. The van der Waals surface area contributed by atoms with Crippen molar-refractivity contribution in [2.75, 3.05) is 20.6 Å². The predicted octanol–water partition coefficient (Wildman–Crippen LogP) is 2.35. The Labute approximate surface area is 124 Å². The lowest BCUT2D eigenvalue weighted by atomic mass is 9.81. The molecule has 0 fully saturated rings. The smallest absolute Gasteiger partial charge is 0.153 e. The van der Waals surface area contributed by atoms with E-state index in [1.807, 2.05) is 11.7 Å². The maximum Gasteiger partial charge on any atom is 0.153 e. The molecule has 0 bridgehead atoms. The molecule has 110 valence electrons. The number of likely N-dealkylation sites (N-methyl/N-ethyl adjacent to an activating group) is 2. The van der Waals surface area contributed by atoms with Crippen LogP contribution in [0.15, 0.2) is 4.60 Å². The summed E-state index contributed by atoms with van der Waals surface area (Å²) in [6.45, 7) is 7.53. The van der Waals surface area contributed by atoms with Gasteiger partial charge < -0.3 is 10.2 Å². The highest BCUT2D eigenvalue weighted by Crippen LogP contribution is 2.37. The third kappa shape index (κ3) is 3.01. The van der Waals surface area contributed by atoms with E-state index in [0.717, 1.165) is 29.7 Å². The molecule has 5 nitrogen and oxygen atoms in total. The molecule has 1 unspecified atom stereocenters. The molecular weight excluding hydrogens is 306 g/mol. The molecule has 19 heavy (non-hydrogen) atoms. The number of hydrogen-bond donors (Lipinski definition) is 1. The zero-order chi connectivity index (χ0) is 14.6. The van der Waals surface area contributed by atoms with Gasteiger partial charge >= 0.3 is 0 Å². The summed E-state index contributed by atoms with van der Waals surface area (Å²) in [7, 11) is 6.24. The molecule has 0 aromatic carbocycles. The van der Waals surface area contributed by atoms with Gasteiger partial charge in [-0.05, 0) is 49.4 Å². The molecule has 1 aromatic rings. The number of nitrogens with zero attached hydrogens (tertiary/aromatic N) is 4. The Morgan fingerprint density at radius 1 is 1.32 bits per heavy atom. The maximum atomic E-state index is 4.13. The fourth-order valence-corrected chi connectivity index (χ4v) is 3.50. The summed E-state index contributed by atoms with van der Waals surface area (Å²) >= 11 is 3.53. The second kappa shape index (κ2) is 6.81. The largest absolute Gasteiger partial charge is 0.307 e. The summed E-state index contributed by atoms with van der Waals surface area (Å²) in [4.78, 5) is 2.32. The average Bonchev–Trinajstić information content (AvgIpc) is 2.69. The molecule has 0 amide bonds. The van der Waals surface area contributed by atoms with E-state index >= 15 is 0 Å². The van der Waals surface area contributed by atoms with E-state index in [0.29, 0.717) is 0 Å². The van der Waals surface area contributed by atoms with E-state index < -0.39 is 0 Å². The number of aromatic nitrogens is 3. The first-order valence-corrected chi connectivity index (χ1v) is 7.69. The fourth-order valence-electron chi connectivity index (χ4n) is 2.94. The molecule has 1 N–H and O–H groups in total. The Morgan fingerprint density at radius 3 is 2.21 bits per heavy atom. The van der Waals surface area contributed by atoms with Crippen LogP contribution in [0.2, 0.25) is 0 Å². The average molecular weight is 332 g/mol. The molecule has 0 saturated heterocycles. The van der Waals surface area contributed by atoms with Gasteiger partial charge in [0.1, 0.15) is 0 Å². The first kappa shape index (κ1) is 16.6. The van der Waals surface area contributed by atoms with E-state index in [1.54, 1.807) is 0 Å². The number of aryl methyl sites for hydroxylation is 1. The van der Waals surface area contributed by atoms with Crippen LogP contribution in [0, 0.1) is 0 Å². The monoisotopic (exact) mass is 331 g/mol. The van der Waals surface area contributed by atoms with Crippen LogP contribution in [0.1, 0.15) is 45.3 Å². The summed E-state index contributed by atoms with van der Waals surface area (Å²) in [6, 6.07) is 0.192. The van der Waals surface area contributed by atoms with Crippen molar-refractivity contribution in [2.45, 2.75) is 45.2 Å². The summed E-state index contributed by atoms with van der Waals surface area (Å²) in [6.07, 6.45) is 2.12. The van der Waals surface area contributed by atoms with Gasteiger partial charge in [-0.2, -0.15) is 0 Å². The van der Waals surface area contributed by atoms with Crippen molar-refractivity contribution in [1.82, 2.24) is 25.2 Å². The molecule has 0 radical (unpaired) electrons. The predicted molar refractivity (Wildman–Crippen MR) is 82.1 cm³/mol. The highest BCUT2D eigenvalue weighted by molar-refractivity contribution is 9.10. The Kier molecular flexibility index (Phi) is 5.95. The van der Waals surface area contributed by atoms with Gasteiger partial charge in [-0.1, -0.05) is 26.0 Å². The van der Waals surface area contributed by atoms with Gasteiger partial charge in [-0.15, -0.1) is 5.10 Å². The van der Waals surface area contributed by atoms with Crippen LogP contribution in [-0.4, -0.2) is 46.1 Å². The van der Waals surface area contributed by atoms with Crippen LogP contribution in [0.5, 0.6) is 0 Å². The Balaban J connectivity index is 3.33. The molecule has 0 spiro atoms. The summed E-state index contributed by atoms with van der Waals surface area (Å²) in [5, 5.41) is 11.9. The molecule has 6 heteroatoms. The second-order valence-electron chi connectivity index (χ2n) is 5.08. The van der Waals surface area contributed by atoms with Crippen LogP contribution in [0.3, 0.4) is 0 Å². The topological polar surface area (TPSA) is 46.0 Å². The van der Waals surface area contributed by atoms with Crippen molar-refractivity contribution in [3.05, 3.63) is 10.3 Å². The Morgan fingerprint density at radius 2 is 1.89 bits per heavy atom. The van der Waals surface area contributed by atoms with Gasteiger partial charge in [0.05, 0.1) is 11.7 Å². The van der Waals surface area contributed by atoms with Crippen LogP contribution in [0.4, 0.5) is 0 Å². The van der Waals surface area contributed by atoms with Crippen LogP contribution in [-0.2, 0) is 7.05 Å². The molecule has 1 rings (SSSR count). The van der Waals surface area contributed by atoms with Crippen molar-refractivity contribution in [3.8, 4) is 0 Å². The first-order chi connectivity index (χ1) is 8.94. The van der Waals surface area contributed by atoms with Crippen molar-refractivity contribution in [2.24, 2.45) is 7.05 Å². The molecule has 1 atom stereocenters. The zero-order valence-corrected chi connectivity index (χ0v) is 14.5. The summed E-state index contributed by atoms with van der Waals surface area (Å²) in [5.74, 6) is 0. The van der Waals surface area contributed by atoms with E-state index in [4.69, 9.17) is 0 Å². The molecule has 0 saturated carbocycles. The van der Waals surface area contributed by atoms with Gasteiger partial charge in [0, 0.05) is 12.6 Å². The van der Waals surface area contributed by atoms with E-state index in [9.17, 15) is 0 Å². The SMILES string of the molecule is CCNC(c1c(Br)nnn1C)C(CC)(CC)N(C)C. The quantitative estimate of drug-likeness (QED) is 0.833. The van der Waals surface area contributed by atoms with Crippen molar-refractivity contribution < 1.29 is 0 Å². The van der Waals surface area contributed by atoms with E-state index in [-0.39, 0.29) is 11.6 Å². The third-order valence-corrected chi connectivity index (χ3v) is 4.73. The Bertz CT molecular complexity index is 378. The molecule has 1 heterocycles. The molecule has 1 aromatic heterocycles. The molecule has 0 aliphatic heterocycles. The maximum absolute atomic E-state index is 4.13. The summed E-state index contributed by atoms with van der Waals surface area (Å²) in [5.41, 5.74) is 1.16. The Hall–Kier alpha value is -0.460. The van der Waals surface area contributed by atoms with Gasteiger partial charge in [-0.25, -0.2) is 4.68 Å². The normalized spacial score (nSPS) is 14.1. The van der Waals surface area contributed by atoms with Gasteiger partial charge in [0.2, 0.25) is 0 Å². The highest BCUT2D eigenvalue weighted by Gasteiger charge is 2.41. The lowest BCUT2D eigenvalue weighted by Gasteiger charge is -2.45. The van der Waals surface area contributed by atoms with Gasteiger partial charge in [0.25, 0.3) is 0 Å². The third-order valence-electron chi connectivity index (χ3n) is 4.16. The van der Waals surface area contributed by atoms with Crippen molar-refractivity contribution in [3.63, 3.8) is 0 Å². The number of halogens is 1. The van der Waals surface area contributed by atoms with E-state index in [2.05, 4.69) is 71.3 Å². The van der Waals surface area contributed by atoms with Crippen LogP contribution >= 0.6 is 15.9 Å². The number of nitrogens with one attached hydrogen (secondary N) is 1. The highest BCUT2D eigenvalue weighted by atomic mass is 79.9. The molecular formula is C13H26BrN5. The van der Waals surface area contributed by atoms with Gasteiger partial charge in [0.15, 0.2) is 4.60 Å². The fraction of sp³-hybridized carbons (Fsp3) is 0.846. The minimum atomic E-state index is 0.0496. The van der Waals surface area contributed by atoms with E-state index in [1.165, 1.54) is 0 Å². The van der Waals surface area contributed by atoms with Crippen molar-refractivity contribution in [1.29, 1.82) is 0 Å². The lowest BCUT2D eigenvalue weighted by molar-refractivity contribution is 0.0849. The number of hydrogen-bond acceptors (Lipinski definition) is 4.